The second-order valence-corrected chi connectivity index (χ2v) is 11.8. The molecule has 0 radical (unpaired) electrons. The van der Waals surface area contributed by atoms with Crippen LogP contribution in [-0.2, 0) is 14.4 Å². The molecule has 1 aromatic rings. The van der Waals surface area contributed by atoms with Crippen LogP contribution < -0.4 is 15.4 Å². The first-order chi connectivity index (χ1) is 16.2. The monoisotopic (exact) mass is 489 g/mol. The number of likely N-dealkylation sites (tertiary alicyclic amines) is 1. The number of hydrogen-bond donors (Lipinski definition) is 3. The van der Waals surface area contributed by atoms with E-state index in [2.05, 4.69) is 17.6 Å². The van der Waals surface area contributed by atoms with E-state index in [9.17, 15) is 19.5 Å². The molecule has 2 unspecified atom stereocenters. The third kappa shape index (κ3) is 4.06. The largest absolute Gasteiger partial charge is 0.494 e. The smallest absolute Gasteiger partial charge is 0.244 e. The van der Waals surface area contributed by atoms with Gasteiger partial charge in [-0.05, 0) is 71.2 Å². The first-order valence-corrected chi connectivity index (χ1v) is 12.9. The molecule has 3 heterocycles. The van der Waals surface area contributed by atoms with E-state index in [1.54, 1.807) is 28.8 Å². The summed E-state index contributed by atoms with van der Waals surface area (Å²) in [6, 6.07) is 6.50. The summed E-state index contributed by atoms with van der Waals surface area (Å²) < 4.78 is 4.42. The number of carbonyl (C=O) groups is 3. The Hall–Kier alpha value is -2.26. The molecule has 0 saturated carbocycles. The predicted octanol–water partition coefficient (Wildman–Crippen LogP) is 2.41. The summed E-state index contributed by atoms with van der Waals surface area (Å²) in [6.07, 6.45) is 1.87. The zero-order valence-corrected chi connectivity index (χ0v) is 21.1. The van der Waals surface area contributed by atoms with Crippen molar-refractivity contribution in [3.63, 3.8) is 0 Å². The Morgan fingerprint density at radius 1 is 1.24 bits per heavy atom. The number of benzene rings is 1. The second-order valence-electron chi connectivity index (χ2n) is 9.95. The number of hydrogen-bond acceptors (Lipinski definition) is 6. The van der Waals surface area contributed by atoms with Gasteiger partial charge in [0.25, 0.3) is 0 Å². The Morgan fingerprint density at radius 3 is 2.56 bits per heavy atom. The van der Waals surface area contributed by atoms with E-state index in [0.29, 0.717) is 31.7 Å². The van der Waals surface area contributed by atoms with Crippen LogP contribution in [0.1, 0.15) is 47.0 Å². The molecule has 2 bridgehead atoms. The Bertz CT molecular complexity index is 954. The van der Waals surface area contributed by atoms with Gasteiger partial charge in [0.1, 0.15) is 11.8 Å². The SMILES string of the molecule is CCOc1ccc(NC(=O)[C@@H]2[C@H]3C(=O)N(CCCO)C(C(=O)NC(C)C)C34CC[C@@]2(C)S4)cc1. The highest BCUT2D eigenvalue weighted by Gasteiger charge is 2.77. The van der Waals surface area contributed by atoms with Gasteiger partial charge in [0.05, 0.1) is 23.2 Å². The van der Waals surface area contributed by atoms with Crippen molar-refractivity contribution in [1.82, 2.24) is 10.2 Å². The van der Waals surface area contributed by atoms with Gasteiger partial charge in [-0.25, -0.2) is 0 Å². The summed E-state index contributed by atoms with van der Waals surface area (Å²) in [6.45, 7) is 8.56. The van der Waals surface area contributed by atoms with Crippen LogP contribution >= 0.6 is 11.8 Å². The van der Waals surface area contributed by atoms with Gasteiger partial charge in [-0.15, -0.1) is 11.8 Å². The summed E-state index contributed by atoms with van der Waals surface area (Å²) in [5.41, 5.74) is 0.649. The normalized spacial score (nSPS) is 31.6. The molecule has 4 rings (SSSR count). The molecule has 3 saturated heterocycles. The topological polar surface area (TPSA) is 108 Å². The fourth-order valence-electron chi connectivity index (χ4n) is 5.99. The van der Waals surface area contributed by atoms with Crippen LogP contribution in [0.5, 0.6) is 5.75 Å². The van der Waals surface area contributed by atoms with Crippen LogP contribution in [0, 0.1) is 11.8 Å². The summed E-state index contributed by atoms with van der Waals surface area (Å²) >= 11 is 1.65. The standard InChI is InChI=1S/C25H35N3O5S/c1-5-33-17-9-7-16(8-10-17)27-21(30)18-19-23(32)28(13-6-14-29)20(22(31)26-15(2)3)25(19)12-11-24(18,4)34-25/h7-10,15,18-20,29H,5-6,11-14H2,1-4H3,(H,26,31)(H,27,30)/t18-,19-,20?,24+,25?/m0/s1. The highest BCUT2D eigenvalue weighted by molar-refractivity contribution is 8.02. The highest BCUT2D eigenvalue weighted by atomic mass is 32.2. The van der Waals surface area contributed by atoms with Crippen molar-refractivity contribution in [2.45, 2.75) is 68.5 Å². The fraction of sp³-hybridized carbons (Fsp3) is 0.640. The average molecular weight is 490 g/mol. The molecule has 34 heavy (non-hydrogen) atoms. The minimum atomic E-state index is -0.644. The molecular weight excluding hydrogens is 454 g/mol. The number of amides is 3. The maximum absolute atomic E-state index is 13.8. The van der Waals surface area contributed by atoms with Crippen LogP contribution in [0.4, 0.5) is 5.69 Å². The first-order valence-electron chi connectivity index (χ1n) is 12.1. The average Bonchev–Trinajstić information content (AvgIpc) is 3.34. The van der Waals surface area contributed by atoms with Crippen LogP contribution in [0.2, 0.25) is 0 Å². The number of rotatable bonds is 9. The number of aliphatic hydroxyl groups excluding tert-OH is 1. The molecule has 1 spiro atoms. The highest BCUT2D eigenvalue weighted by Crippen LogP contribution is 2.71. The van der Waals surface area contributed by atoms with Crippen molar-refractivity contribution in [2.75, 3.05) is 25.1 Å². The lowest BCUT2D eigenvalue weighted by Crippen LogP contribution is -2.54. The van der Waals surface area contributed by atoms with Crippen molar-refractivity contribution >= 4 is 35.2 Å². The zero-order chi connectivity index (χ0) is 24.7. The van der Waals surface area contributed by atoms with Crippen molar-refractivity contribution < 1.29 is 24.2 Å². The summed E-state index contributed by atoms with van der Waals surface area (Å²) in [5, 5.41) is 15.4. The number of nitrogens with one attached hydrogen (secondary N) is 2. The van der Waals surface area contributed by atoms with Gasteiger partial charge in [0.15, 0.2) is 0 Å². The van der Waals surface area contributed by atoms with E-state index in [4.69, 9.17) is 4.74 Å². The summed E-state index contributed by atoms with van der Waals surface area (Å²) in [7, 11) is 0. The molecule has 0 aliphatic carbocycles. The number of nitrogens with zero attached hydrogens (tertiary/aromatic N) is 1. The number of ether oxygens (including phenoxy) is 1. The number of thioether (sulfide) groups is 1. The van der Waals surface area contributed by atoms with E-state index in [1.165, 1.54) is 0 Å². The lowest BCUT2D eigenvalue weighted by molar-refractivity contribution is -0.139. The van der Waals surface area contributed by atoms with Gasteiger partial charge in [0.2, 0.25) is 17.7 Å². The molecule has 3 N–H and O–H groups in total. The fourth-order valence-corrected chi connectivity index (χ4v) is 8.35. The molecule has 3 aliphatic heterocycles. The number of fused-ring (bicyclic) bond motifs is 1. The van der Waals surface area contributed by atoms with E-state index in [1.807, 2.05) is 32.9 Å². The van der Waals surface area contributed by atoms with Gasteiger partial charge in [-0.3, -0.25) is 14.4 Å². The molecule has 3 aliphatic rings. The van der Waals surface area contributed by atoms with Gasteiger partial charge in [-0.2, -0.15) is 0 Å². The van der Waals surface area contributed by atoms with Crippen LogP contribution in [0.3, 0.4) is 0 Å². The number of aliphatic hydroxyl groups is 1. The summed E-state index contributed by atoms with van der Waals surface area (Å²) in [5.74, 6) is -0.898. The van der Waals surface area contributed by atoms with Crippen molar-refractivity contribution in [3.05, 3.63) is 24.3 Å². The molecule has 3 fully saturated rings. The molecule has 186 valence electrons. The number of anilines is 1. The predicted molar refractivity (Wildman–Crippen MR) is 132 cm³/mol. The van der Waals surface area contributed by atoms with E-state index in [-0.39, 0.29) is 30.4 Å². The van der Waals surface area contributed by atoms with Gasteiger partial charge in [0, 0.05) is 29.6 Å². The third-order valence-corrected chi connectivity index (χ3v) is 9.21. The Labute approximate surface area is 205 Å². The van der Waals surface area contributed by atoms with Gasteiger partial charge in [-0.1, -0.05) is 0 Å². The quantitative estimate of drug-likeness (QED) is 0.492. The molecule has 8 nitrogen and oxygen atoms in total. The Kier molecular flexibility index (Phi) is 6.88. The Balaban J connectivity index is 1.64. The second kappa shape index (κ2) is 9.41. The molecule has 5 atom stereocenters. The first kappa shape index (κ1) is 24.9. The van der Waals surface area contributed by atoms with Crippen LogP contribution in [0.15, 0.2) is 24.3 Å². The zero-order valence-electron chi connectivity index (χ0n) is 20.3. The molecule has 1 aromatic carbocycles. The maximum atomic E-state index is 13.8. The lowest BCUT2D eigenvalue weighted by atomic mass is 9.66. The molecule has 9 heteroatoms. The van der Waals surface area contributed by atoms with Gasteiger partial charge < -0.3 is 25.4 Å². The third-order valence-electron chi connectivity index (χ3n) is 7.23. The van der Waals surface area contributed by atoms with E-state index >= 15 is 0 Å². The molecular formula is C25H35N3O5S. The number of carbonyl (C=O) groups excluding carboxylic acids is 3. The molecule has 0 aromatic heterocycles. The minimum Gasteiger partial charge on any atom is -0.494 e. The maximum Gasteiger partial charge on any atom is 0.244 e. The van der Waals surface area contributed by atoms with Crippen molar-refractivity contribution in [2.24, 2.45) is 11.8 Å². The molecule has 3 amide bonds. The van der Waals surface area contributed by atoms with Gasteiger partial charge >= 0.3 is 0 Å². The summed E-state index contributed by atoms with van der Waals surface area (Å²) in [4.78, 5) is 42.4. The van der Waals surface area contributed by atoms with E-state index < -0.39 is 27.4 Å². The van der Waals surface area contributed by atoms with Crippen LogP contribution in [-0.4, -0.2) is 69.1 Å². The van der Waals surface area contributed by atoms with E-state index in [0.717, 1.165) is 12.2 Å². The van der Waals surface area contributed by atoms with Crippen molar-refractivity contribution in [1.29, 1.82) is 0 Å². The van der Waals surface area contributed by atoms with Crippen LogP contribution in [0.25, 0.3) is 0 Å². The Morgan fingerprint density at radius 2 is 1.94 bits per heavy atom. The minimum absolute atomic E-state index is 0.0595. The lowest BCUT2D eigenvalue weighted by Gasteiger charge is -2.35. The van der Waals surface area contributed by atoms with Crippen molar-refractivity contribution in [3.8, 4) is 5.75 Å².